The number of rotatable bonds is 4. The number of benzene rings is 1. The van der Waals surface area contributed by atoms with Crippen LogP contribution in [0.4, 0.5) is 0 Å². The number of hydrogen-bond donors (Lipinski definition) is 1. The quantitative estimate of drug-likeness (QED) is 0.853. The van der Waals surface area contributed by atoms with Crippen LogP contribution < -0.4 is 0 Å². The minimum atomic E-state index is -0.122. The number of carbonyl (C=O) groups excluding carboxylic acids is 1. The van der Waals surface area contributed by atoms with Crippen molar-refractivity contribution in [1.82, 2.24) is 4.90 Å². The van der Waals surface area contributed by atoms with Crippen LogP contribution in [0.25, 0.3) is 0 Å². The molecule has 0 spiro atoms. The molecule has 3 heteroatoms. The van der Waals surface area contributed by atoms with Gasteiger partial charge in [0, 0.05) is 25.1 Å². The lowest BCUT2D eigenvalue weighted by Crippen LogP contribution is -2.24. The third-order valence-electron chi connectivity index (χ3n) is 3.63. The Balaban J connectivity index is 1.95. The van der Waals surface area contributed by atoms with Crippen LogP contribution in [-0.2, 0) is 11.3 Å². The summed E-state index contributed by atoms with van der Waals surface area (Å²) in [5, 5.41) is 8.65. The van der Waals surface area contributed by atoms with Gasteiger partial charge in [-0.05, 0) is 30.0 Å². The first-order valence-electron chi connectivity index (χ1n) is 7.19. The van der Waals surface area contributed by atoms with E-state index in [-0.39, 0.29) is 12.5 Å². The van der Waals surface area contributed by atoms with Crippen molar-refractivity contribution in [3.05, 3.63) is 35.4 Å². The largest absolute Gasteiger partial charge is 0.384 e. The third kappa shape index (κ3) is 3.85. The minimum Gasteiger partial charge on any atom is -0.384 e. The van der Waals surface area contributed by atoms with E-state index in [0.29, 0.717) is 18.9 Å². The SMILES string of the molecule is CCCC1CC(=O)N(Cc2ccc(C#CCO)cc2)C1. The van der Waals surface area contributed by atoms with E-state index in [2.05, 4.69) is 18.8 Å². The number of amides is 1. The zero-order chi connectivity index (χ0) is 14.4. The predicted molar refractivity (Wildman–Crippen MR) is 78.8 cm³/mol. The molecule has 1 N–H and O–H groups in total. The van der Waals surface area contributed by atoms with Gasteiger partial charge in [0.25, 0.3) is 0 Å². The molecule has 106 valence electrons. The fourth-order valence-corrected chi connectivity index (χ4v) is 2.66. The van der Waals surface area contributed by atoms with Crippen LogP contribution in [0.3, 0.4) is 0 Å². The highest BCUT2D eigenvalue weighted by molar-refractivity contribution is 5.78. The average Bonchev–Trinajstić information content (AvgIpc) is 2.79. The normalized spacial score (nSPS) is 18.0. The first-order valence-corrected chi connectivity index (χ1v) is 7.19. The fraction of sp³-hybridized carbons (Fsp3) is 0.471. The van der Waals surface area contributed by atoms with Gasteiger partial charge in [-0.2, -0.15) is 0 Å². The van der Waals surface area contributed by atoms with Crippen molar-refractivity contribution in [3.8, 4) is 11.8 Å². The Kier molecular flexibility index (Phi) is 5.20. The van der Waals surface area contributed by atoms with Gasteiger partial charge in [0.05, 0.1) is 0 Å². The number of aliphatic hydroxyl groups excluding tert-OH is 1. The van der Waals surface area contributed by atoms with Crippen LogP contribution in [-0.4, -0.2) is 29.1 Å². The Morgan fingerprint density at radius 3 is 2.75 bits per heavy atom. The Hall–Kier alpha value is -1.79. The van der Waals surface area contributed by atoms with Crippen LogP contribution in [0.15, 0.2) is 24.3 Å². The van der Waals surface area contributed by atoms with Gasteiger partial charge in [0.2, 0.25) is 5.91 Å². The van der Waals surface area contributed by atoms with Gasteiger partial charge in [0.1, 0.15) is 6.61 Å². The summed E-state index contributed by atoms with van der Waals surface area (Å²) in [5.41, 5.74) is 2.02. The highest BCUT2D eigenvalue weighted by atomic mass is 16.2. The molecule has 0 bridgehead atoms. The van der Waals surface area contributed by atoms with E-state index in [0.717, 1.165) is 30.5 Å². The molecule has 1 heterocycles. The first kappa shape index (κ1) is 14.6. The number of carbonyl (C=O) groups is 1. The van der Waals surface area contributed by atoms with Crippen LogP contribution in [0.1, 0.15) is 37.3 Å². The molecule has 3 nitrogen and oxygen atoms in total. The second-order valence-corrected chi connectivity index (χ2v) is 5.29. The Labute approximate surface area is 120 Å². The molecule has 0 aliphatic carbocycles. The van der Waals surface area contributed by atoms with E-state index >= 15 is 0 Å². The third-order valence-corrected chi connectivity index (χ3v) is 3.63. The number of nitrogens with zero attached hydrogens (tertiary/aromatic N) is 1. The molecule has 0 saturated carbocycles. The Bertz CT molecular complexity index is 510. The zero-order valence-corrected chi connectivity index (χ0v) is 11.9. The van der Waals surface area contributed by atoms with E-state index < -0.39 is 0 Å². The number of aliphatic hydroxyl groups is 1. The Morgan fingerprint density at radius 2 is 2.10 bits per heavy atom. The lowest BCUT2D eigenvalue weighted by Gasteiger charge is -2.16. The van der Waals surface area contributed by atoms with Crippen molar-refractivity contribution in [1.29, 1.82) is 0 Å². The topological polar surface area (TPSA) is 40.5 Å². The molecular weight excluding hydrogens is 250 g/mol. The molecule has 1 saturated heterocycles. The summed E-state index contributed by atoms with van der Waals surface area (Å²) in [7, 11) is 0. The van der Waals surface area contributed by atoms with Gasteiger partial charge in [-0.15, -0.1) is 0 Å². The summed E-state index contributed by atoms with van der Waals surface area (Å²) in [6.07, 6.45) is 2.98. The van der Waals surface area contributed by atoms with Gasteiger partial charge in [-0.25, -0.2) is 0 Å². The maximum atomic E-state index is 11.9. The minimum absolute atomic E-state index is 0.122. The van der Waals surface area contributed by atoms with Crippen LogP contribution in [0, 0.1) is 17.8 Å². The summed E-state index contributed by atoms with van der Waals surface area (Å²) in [6.45, 7) is 3.62. The second-order valence-electron chi connectivity index (χ2n) is 5.29. The van der Waals surface area contributed by atoms with Crippen molar-refractivity contribution in [3.63, 3.8) is 0 Å². The van der Waals surface area contributed by atoms with Gasteiger partial charge in [0.15, 0.2) is 0 Å². The molecule has 1 aromatic rings. The maximum Gasteiger partial charge on any atom is 0.223 e. The summed E-state index contributed by atoms with van der Waals surface area (Å²) in [4.78, 5) is 13.9. The van der Waals surface area contributed by atoms with Crippen LogP contribution in [0.5, 0.6) is 0 Å². The molecule has 1 amide bonds. The van der Waals surface area contributed by atoms with Crippen molar-refractivity contribution in [2.45, 2.75) is 32.7 Å². The van der Waals surface area contributed by atoms with Crippen molar-refractivity contribution < 1.29 is 9.90 Å². The molecule has 1 fully saturated rings. The zero-order valence-electron chi connectivity index (χ0n) is 11.9. The van der Waals surface area contributed by atoms with Gasteiger partial charge >= 0.3 is 0 Å². The molecule has 0 aromatic heterocycles. The van der Waals surface area contributed by atoms with E-state index in [1.165, 1.54) is 0 Å². The molecule has 2 rings (SSSR count). The first-order chi connectivity index (χ1) is 9.72. The smallest absolute Gasteiger partial charge is 0.223 e. The highest BCUT2D eigenvalue weighted by Crippen LogP contribution is 2.23. The molecule has 20 heavy (non-hydrogen) atoms. The summed E-state index contributed by atoms with van der Waals surface area (Å²) in [6, 6.07) is 7.87. The standard InChI is InChI=1S/C17H21NO2/c1-2-4-16-11-17(20)18(13-16)12-15-8-6-14(7-9-15)5-3-10-19/h6-9,16,19H,2,4,10-13H2,1H3. The van der Waals surface area contributed by atoms with E-state index in [9.17, 15) is 4.79 Å². The Morgan fingerprint density at radius 1 is 1.35 bits per heavy atom. The summed E-state index contributed by atoms with van der Waals surface area (Å²) < 4.78 is 0. The molecule has 1 aromatic carbocycles. The van der Waals surface area contributed by atoms with E-state index in [4.69, 9.17) is 5.11 Å². The lowest BCUT2D eigenvalue weighted by atomic mass is 10.0. The monoisotopic (exact) mass is 271 g/mol. The number of hydrogen-bond acceptors (Lipinski definition) is 2. The van der Waals surface area contributed by atoms with Crippen molar-refractivity contribution >= 4 is 5.91 Å². The summed E-state index contributed by atoms with van der Waals surface area (Å²) >= 11 is 0. The number of likely N-dealkylation sites (tertiary alicyclic amines) is 1. The van der Waals surface area contributed by atoms with Crippen LogP contribution >= 0.6 is 0 Å². The highest BCUT2D eigenvalue weighted by Gasteiger charge is 2.28. The van der Waals surface area contributed by atoms with Crippen LogP contribution in [0.2, 0.25) is 0 Å². The molecule has 1 aliphatic heterocycles. The maximum absolute atomic E-state index is 11.9. The van der Waals surface area contributed by atoms with Gasteiger partial charge in [-0.3, -0.25) is 4.79 Å². The van der Waals surface area contributed by atoms with Crippen molar-refractivity contribution in [2.24, 2.45) is 5.92 Å². The second kappa shape index (κ2) is 7.12. The molecule has 1 unspecified atom stereocenters. The van der Waals surface area contributed by atoms with Crippen molar-refractivity contribution in [2.75, 3.05) is 13.2 Å². The average molecular weight is 271 g/mol. The molecule has 1 aliphatic rings. The van der Waals surface area contributed by atoms with Gasteiger partial charge in [-0.1, -0.05) is 37.3 Å². The van der Waals surface area contributed by atoms with E-state index in [1.54, 1.807) is 0 Å². The van der Waals surface area contributed by atoms with E-state index in [1.807, 2.05) is 29.2 Å². The summed E-state index contributed by atoms with van der Waals surface area (Å²) in [5.74, 6) is 6.29. The lowest BCUT2D eigenvalue weighted by molar-refractivity contribution is -0.128. The fourth-order valence-electron chi connectivity index (χ4n) is 2.66. The predicted octanol–water partition coefficient (Wildman–Crippen LogP) is 2.18. The molecule has 0 radical (unpaired) electrons. The molecule has 1 atom stereocenters. The molecular formula is C17H21NO2. The van der Waals surface area contributed by atoms with Gasteiger partial charge < -0.3 is 10.0 Å².